The second kappa shape index (κ2) is 5.30. The largest absolute Gasteiger partial charge is 0.390 e. The number of carbonyl (C=O) groups is 1. The average molecular weight is 282 g/mol. The van der Waals surface area contributed by atoms with Gasteiger partial charge < -0.3 is 15.7 Å². The van der Waals surface area contributed by atoms with Gasteiger partial charge in [-0.3, -0.25) is 4.79 Å². The maximum Gasteiger partial charge on any atom is 0.226 e. The zero-order chi connectivity index (χ0) is 15.1. The number of hydrogen-bond acceptors (Lipinski definition) is 3. The summed E-state index contributed by atoms with van der Waals surface area (Å²) in [6, 6.07) is 0.205. The molecule has 1 aliphatic carbocycles. The van der Waals surface area contributed by atoms with Gasteiger partial charge >= 0.3 is 0 Å². The molecule has 0 aromatic heterocycles. The highest BCUT2D eigenvalue weighted by Gasteiger charge is 2.46. The molecule has 1 saturated carbocycles. The van der Waals surface area contributed by atoms with Gasteiger partial charge in [0.25, 0.3) is 0 Å². The minimum absolute atomic E-state index is 0.0469. The minimum atomic E-state index is -0.603. The first-order valence-corrected chi connectivity index (χ1v) is 7.92. The Labute approximate surface area is 122 Å². The summed E-state index contributed by atoms with van der Waals surface area (Å²) in [5.74, 6) is 0.697. The van der Waals surface area contributed by atoms with Crippen molar-refractivity contribution < 1.29 is 9.90 Å². The Morgan fingerprint density at radius 1 is 1.20 bits per heavy atom. The molecule has 0 aromatic carbocycles. The number of rotatable bonds is 1. The standard InChI is InChI=1S/C16H30N2O2/c1-11-13(17)6-5-12(15(11,2)3)14(19)18-9-7-16(4,20)8-10-18/h11-13,20H,5-10,17H2,1-4H3. The maximum atomic E-state index is 12.8. The summed E-state index contributed by atoms with van der Waals surface area (Å²) < 4.78 is 0. The number of amides is 1. The summed E-state index contributed by atoms with van der Waals surface area (Å²) in [6.07, 6.45) is 3.19. The van der Waals surface area contributed by atoms with Crippen molar-refractivity contribution >= 4 is 5.91 Å². The number of nitrogens with zero attached hydrogens (tertiary/aromatic N) is 1. The molecule has 3 N–H and O–H groups in total. The summed E-state index contributed by atoms with van der Waals surface area (Å²) in [5.41, 5.74) is 5.52. The second-order valence-corrected chi connectivity index (χ2v) is 7.73. The van der Waals surface area contributed by atoms with Crippen molar-refractivity contribution in [1.29, 1.82) is 0 Å². The first kappa shape index (κ1) is 15.8. The van der Waals surface area contributed by atoms with Crippen molar-refractivity contribution in [1.82, 2.24) is 4.90 Å². The molecule has 2 fully saturated rings. The summed E-state index contributed by atoms with van der Waals surface area (Å²) in [4.78, 5) is 14.8. The smallest absolute Gasteiger partial charge is 0.226 e. The third-order valence-electron chi connectivity index (χ3n) is 5.95. The normalized spacial score (nSPS) is 36.7. The molecule has 3 unspecified atom stereocenters. The first-order valence-electron chi connectivity index (χ1n) is 7.92. The monoisotopic (exact) mass is 282 g/mol. The van der Waals surface area contributed by atoms with Gasteiger partial charge in [0, 0.05) is 25.0 Å². The lowest BCUT2D eigenvalue weighted by molar-refractivity contribution is -0.147. The predicted molar refractivity (Wildman–Crippen MR) is 80.1 cm³/mol. The molecular formula is C16H30N2O2. The van der Waals surface area contributed by atoms with Gasteiger partial charge in [-0.25, -0.2) is 0 Å². The van der Waals surface area contributed by atoms with Crippen LogP contribution in [0.2, 0.25) is 0 Å². The molecule has 1 amide bonds. The molecule has 1 saturated heterocycles. The van der Waals surface area contributed by atoms with Crippen molar-refractivity contribution in [3.63, 3.8) is 0 Å². The molecule has 116 valence electrons. The third-order valence-corrected chi connectivity index (χ3v) is 5.95. The SMILES string of the molecule is CC1C(N)CCC(C(=O)N2CCC(C)(O)CC2)C1(C)C. The Kier molecular flexibility index (Phi) is 4.18. The highest BCUT2D eigenvalue weighted by molar-refractivity contribution is 5.80. The van der Waals surface area contributed by atoms with Crippen molar-refractivity contribution in [2.24, 2.45) is 23.0 Å². The van der Waals surface area contributed by atoms with Crippen LogP contribution in [0.5, 0.6) is 0 Å². The number of carbonyl (C=O) groups excluding carboxylic acids is 1. The summed E-state index contributed by atoms with van der Waals surface area (Å²) in [6.45, 7) is 9.75. The summed E-state index contributed by atoms with van der Waals surface area (Å²) >= 11 is 0. The lowest BCUT2D eigenvalue weighted by atomic mass is 9.60. The van der Waals surface area contributed by atoms with Gasteiger partial charge in [0.15, 0.2) is 0 Å². The third kappa shape index (κ3) is 2.86. The van der Waals surface area contributed by atoms with Crippen LogP contribution < -0.4 is 5.73 Å². The molecule has 0 radical (unpaired) electrons. The second-order valence-electron chi connectivity index (χ2n) is 7.73. The Balaban J connectivity index is 2.06. The van der Waals surface area contributed by atoms with E-state index in [1.165, 1.54) is 0 Å². The molecular weight excluding hydrogens is 252 g/mol. The van der Waals surface area contributed by atoms with E-state index >= 15 is 0 Å². The van der Waals surface area contributed by atoms with E-state index in [4.69, 9.17) is 5.73 Å². The highest BCUT2D eigenvalue weighted by Crippen LogP contribution is 2.45. The van der Waals surface area contributed by atoms with Crippen molar-refractivity contribution in [3.05, 3.63) is 0 Å². The molecule has 0 aromatic rings. The van der Waals surface area contributed by atoms with Crippen LogP contribution in [0.3, 0.4) is 0 Å². The molecule has 20 heavy (non-hydrogen) atoms. The topological polar surface area (TPSA) is 66.6 Å². The maximum absolute atomic E-state index is 12.8. The minimum Gasteiger partial charge on any atom is -0.390 e. The van der Waals surface area contributed by atoms with Crippen LogP contribution in [-0.2, 0) is 4.79 Å². The van der Waals surface area contributed by atoms with E-state index in [2.05, 4.69) is 20.8 Å². The van der Waals surface area contributed by atoms with Crippen LogP contribution in [0.15, 0.2) is 0 Å². The summed E-state index contributed by atoms with van der Waals surface area (Å²) in [7, 11) is 0. The molecule has 2 aliphatic rings. The van der Waals surface area contributed by atoms with Gasteiger partial charge in [-0.15, -0.1) is 0 Å². The van der Waals surface area contributed by atoms with Gasteiger partial charge in [0.05, 0.1) is 5.60 Å². The van der Waals surface area contributed by atoms with Gasteiger partial charge in [-0.2, -0.15) is 0 Å². The Morgan fingerprint density at radius 3 is 2.30 bits per heavy atom. The Bertz CT molecular complexity index is 369. The molecule has 1 heterocycles. The van der Waals surface area contributed by atoms with Crippen molar-refractivity contribution in [2.75, 3.05) is 13.1 Å². The van der Waals surface area contributed by atoms with Crippen molar-refractivity contribution in [3.8, 4) is 0 Å². The number of piperidine rings is 1. The fourth-order valence-corrected chi connectivity index (χ4v) is 3.72. The van der Waals surface area contributed by atoms with E-state index in [0.717, 1.165) is 12.8 Å². The molecule has 0 spiro atoms. The molecule has 2 rings (SSSR count). The van der Waals surface area contributed by atoms with Crippen molar-refractivity contribution in [2.45, 2.75) is 65.0 Å². The lowest BCUT2D eigenvalue weighted by Gasteiger charge is -2.48. The first-order chi connectivity index (χ1) is 9.15. The van der Waals surface area contributed by atoms with Crippen LogP contribution >= 0.6 is 0 Å². The molecule has 4 heteroatoms. The molecule has 4 nitrogen and oxygen atoms in total. The Hall–Kier alpha value is -0.610. The molecule has 0 bridgehead atoms. The fraction of sp³-hybridized carbons (Fsp3) is 0.938. The summed E-state index contributed by atoms with van der Waals surface area (Å²) in [5, 5.41) is 10.0. The lowest BCUT2D eigenvalue weighted by Crippen LogP contribution is -2.54. The van der Waals surface area contributed by atoms with Crippen LogP contribution in [0.25, 0.3) is 0 Å². The highest BCUT2D eigenvalue weighted by atomic mass is 16.3. The zero-order valence-electron chi connectivity index (χ0n) is 13.4. The average Bonchev–Trinajstić information content (AvgIpc) is 2.35. The number of aliphatic hydroxyl groups is 1. The quantitative estimate of drug-likeness (QED) is 0.770. The van der Waals surface area contributed by atoms with Gasteiger partial charge in [0.1, 0.15) is 0 Å². The van der Waals surface area contributed by atoms with E-state index in [1.807, 2.05) is 11.8 Å². The van der Waals surface area contributed by atoms with E-state index < -0.39 is 5.60 Å². The van der Waals surface area contributed by atoms with E-state index in [9.17, 15) is 9.90 Å². The zero-order valence-corrected chi connectivity index (χ0v) is 13.4. The molecule has 1 aliphatic heterocycles. The number of hydrogen-bond donors (Lipinski definition) is 2. The van der Waals surface area contributed by atoms with E-state index in [-0.39, 0.29) is 23.3 Å². The molecule has 3 atom stereocenters. The van der Waals surface area contributed by atoms with Gasteiger partial charge in [-0.05, 0) is 43.9 Å². The van der Waals surface area contributed by atoms with Crippen LogP contribution in [0.1, 0.15) is 53.4 Å². The van der Waals surface area contributed by atoms with E-state index in [1.54, 1.807) is 0 Å². The van der Waals surface area contributed by atoms with Gasteiger partial charge in [0.2, 0.25) is 5.91 Å². The number of likely N-dealkylation sites (tertiary alicyclic amines) is 1. The van der Waals surface area contributed by atoms with Crippen LogP contribution in [0, 0.1) is 17.3 Å². The van der Waals surface area contributed by atoms with Crippen LogP contribution in [-0.4, -0.2) is 40.6 Å². The number of nitrogens with two attached hydrogens (primary N) is 1. The Morgan fingerprint density at radius 2 is 1.75 bits per heavy atom. The fourth-order valence-electron chi connectivity index (χ4n) is 3.72. The van der Waals surface area contributed by atoms with E-state index in [0.29, 0.717) is 31.8 Å². The van der Waals surface area contributed by atoms with Crippen LogP contribution in [0.4, 0.5) is 0 Å². The predicted octanol–water partition coefficient (Wildman–Crippen LogP) is 1.76. The van der Waals surface area contributed by atoms with Gasteiger partial charge in [-0.1, -0.05) is 20.8 Å².